The maximum atomic E-state index is 12.8. The number of nitrogens with zero attached hydrogens (tertiary/aromatic N) is 1. The molecule has 1 aromatic heterocycles. The maximum Gasteiger partial charge on any atom is 0.142 e. The Bertz CT molecular complexity index is 442. The van der Waals surface area contributed by atoms with Gasteiger partial charge in [-0.3, -0.25) is 4.98 Å². The Morgan fingerprint density at radius 3 is 2.50 bits per heavy atom. The second-order valence-corrected chi connectivity index (χ2v) is 3.37. The van der Waals surface area contributed by atoms with Crippen LogP contribution in [0.2, 0.25) is 0 Å². The molecule has 0 aliphatic rings. The molecule has 2 rings (SSSR count). The number of thiol groups is 1. The van der Waals surface area contributed by atoms with Gasteiger partial charge in [0.25, 0.3) is 0 Å². The molecule has 0 radical (unpaired) electrons. The van der Waals surface area contributed by atoms with Crippen molar-refractivity contribution in [3.8, 4) is 11.3 Å². The number of halogens is 1. The summed E-state index contributed by atoms with van der Waals surface area (Å²) in [6.45, 7) is 0. The van der Waals surface area contributed by atoms with Gasteiger partial charge in [-0.05, 0) is 6.07 Å². The first-order chi connectivity index (χ1) is 6.77. The highest BCUT2D eigenvalue weighted by atomic mass is 32.1. The summed E-state index contributed by atoms with van der Waals surface area (Å²) in [5.41, 5.74) is 1.65. The summed E-state index contributed by atoms with van der Waals surface area (Å²) in [5, 5.41) is 0. The van der Waals surface area contributed by atoms with E-state index in [0.717, 1.165) is 5.56 Å². The molecule has 0 atom stereocenters. The van der Waals surface area contributed by atoms with Crippen LogP contribution in [0.25, 0.3) is 11.3 Å². The van der Waals surface area contributed by atoms with Gasteiger partial charge >= 0.3 is 0 Å². The molecule has 2 aromatic rings. The Kier molecular flexibility index (Phi) is 2.50. The molecule has 70 valence electrons. The van der Waals surface area contributed by atoms with Crippen molar-refractivity contribution in [3.63, 3.8) is 0 Å². The molecule has 0 spiro atoms. The van der Waals surface area contributed by atoms with Crippen LogP contribution in [0.1, 0.15) is 0 Å². The maximum absolute atomic E-state index is 12.8. The zero-order chi connectivity index (χ0) is 9.97. The number of benzene rings is 1. The molecular weight excluding hydrogens is 197 g/mol. The summed E-state index contributed by atoms with van der Waals surface area (Å²) in [4.78, 5) is 4.55. The standard InChI is InChI=1S/C11H8FNS/c12-9-6-10(14)11(13-7-9)8-4-2-1-3-5-8/h1-7,14H. The van der Waals surface area contributed by atoms with Gasteiger partial charge in [0.1, 0.15) is 5.82 Å². The zero-order valence-corrected chi connectivity index (χ0v) is 8.21. The molecule has 1 aromatic carbocycles. The summed E-state index contributed by atoms with van der Waals surface area (Å²) in [5.74, 6) is -0.366. The van der Waals surface area contributed by atoms with Crippen molar-refractivity contribution in [2.45, 2.75) is 4.90 Å². The molecule has 0 N–H and O–H groups in total. The molecule has 0 bridgehead atoms. The van der Waals surface area contributed by atoms with Gasteiger partial charge in [-0.1, -0.05) is 30.3 Å². The second-order valence-electron chi connectivity index (χ2n) is 2.89. The fraction of sp³-hybridized carbons (Fsp3) is 0. The van der Waals surface area contributed by atoms with Crippen molar-refractivity contribution in [2.24, 2.45) is 0 Å². The number of aromatic nitrogens is 1. The van der Waals surface area contributed by atoms with Crippen molar-refractivity contribution >= 4 is 12.6 Å². The van der Waals surface area contributed by atoms with Crippen molar-refractivity contribution in [1.82, 2.24) is 4.98 Å². The first-order valence-electron chi connectivity index (χ1n) is 4.17. The van der Waals surface area contributed by atoms with Crippen LogP contribution in [0.15, 0.2) is 47.5 Å². The van der Waals surface area contributed by atoms with Crippen molar-refractivity contribution in [3.05, 3.63) is 48.4 Å². The zero-order valence-electron chi connectivity index (χ0n) is 7.31. The largest absolute Gasteiger partial charge is 0.252 e. The van der Waals surface area contributed by atoms with Crippen LogP contribution in [-0.4, -0.2) is 4.98 Å². The Hall–Kier alpha value is -1.35. The highest BCUT2D eigenvalue weighted by Crippen LogP contribution is 2.23. The van der Waals surface area contributed by atoms with Crippen molar-refractivity contribution < 1.29 is 4.39 Å². The SMILES string of the molecule is Fc1cnc(-c2ccccc2)c(S)c1. The molecule has 14 heavy (non-hydrogen) atoms. The minimum atomic E-state index is -0.366. The summed E-state index contributed by atoms with van der Waals surface area (Å²) in [6.07, 6.45) is 1.20. The smallest absolute Gasteiger partial charge is 0.142 e. The normalized spacial score (nSPS) is 10.1. The molecule has 1 nitrogen and oxygen atoms in total. The molecule has 0 saturated heterocycles. The van der Waals surface area contributed by atoms with E-state index in [1.54, 1.807) is 0 Å². The van der Waals surface area contributed by atoms with Crippen LogP contribution >= 0.6 is 12.6 Å². The first-order valence-corrected chi connectivity index (χ1v) is 4.62. The van der Waals surface area contributed by atoms with Gasteiger partial charge in [-0.25, -0.2) is 4.39 Å². The molecule has 0 unspecified atom stereocenters. The van der Waals surface area contributed by atoms with Gasteiger partial charge in [-0.15, -0.1) is 12.6 Å². The van der Waals surface area contributed by atoms with E-state index < -0.39 is 0 Å². The monoisotopic (exact) mass is 205 g/mol. The summed E-state index contributed by atoms with van der Waals surface area (Å²) >= 11 is 4.18. The van der Waals surface area contributed by atoms with Crippen LogP contribution in [-0.2, 0) is 0 Å². The Morgan fingerprint density at radius 2 is 1.86 bits per heavy atom. The molecule has 0 amide bonds. The Labute approximate surface area is 87.0 Å². The lowest BCUT2D eigenvalue weighted by Gasteiger charge is -2.03. The summed E-state index contributed by atoms with van der Waals surface area (Å²) in [7, 11) is 0. The number of pyridine rings is 1. The van der Waals surface area contributed by atoms with E-state index in [1.807, 2.05) is 30.3 Å². The van der Waals surface area contributed by atoms with E-state index in [-0.39, 0.29) is 5.82 Å². The lowest BCUT2D eigenvalue weighted by atomic mass is 10.1. The van der Waals surface area contributed by atoms with E-state index in [1.165, 1.54) is 12.3 Å². The van der Waals surface area contributed by atoms with E-state index in [2.05, 4.69) is 17.6 Å². The number of hydrogen-bond acceptors (Lipinski definition) is 2. The molecule has 0 fully saturated rings. The van der Waals surface area contributed by atoms with E-state index in [9.17, 15) is 4.39 Å². The third kappa shape index (κ3) is 1.77. The summed E-state index contributed by atoms with van der Waals surface area (Å²) in [6, 6.07) is 10.9. The molecule has 0 aliphatic heterocycles. The molecular formula is C11H8FNS. The van der Waals surface area contributed by atoms with Crippen molar-refractivity contribution in [2.75, 3.05) is 0 Å². The highest BCUT2D eigenvalue weighted by Gasteiger charge is 2.03. The molecule has 3 heteroatoms. The van der Waals surface area contributed by atoms with Gasteiger partial charge < -0.3 is 0 Å². The van der Waals surface area contributed by atoms with Gasteiger partial charge in [0, 0.05) is 10.5 Å². The highest BCUT2D eigenvalue weighted by molar-refractivity contribution is 7.80. The molecule has 0 aliphatic carbocycles. The fourth-order valence-corrected chi connectivity index (χ4v) is 1.56. The lowest BCUT2D eigenvalue weighted by Crippen LogP contribution is -1.87. The van der Waals surface area contributed by atoms with Gasteiger partial charge in [0.2, 0.25) is 0 Å². The van der Waals surface area contributed by atoms with Crippen molar-refractivity contribution in [1.29, 1.82) is 0 Å². The topological polar surface area (TPSA) is 12.9 Å². The van der Waals surface area contributed by atoms with E-state index in [0.29, 0.717) is 10.6 Å². The average Bonchev–Trinajstić information content (AvgIpc) is 2.19. The predicted molar refractivity (Wildman–Crippen MR) is 56.9 cm³/mol. The van der Waals surface area contributed by atoms with Gasteiger partial charge in [-0.2, -0.15) is 0 Å². The number of hydrogen-bond donors (Lipinski definition) is 1. The molecule has 1 heterocycles. The van der Waals surface area contributed by atoms with Gasteiger partial charge in [0.05, 0.1) is 11.9 Å². The van der Waals surface area contributed by atoms with Gasteiger partial charge in [0.15, 0.2) is 0 Å². The molecule has 0 saturated carbocycles. The van der Waals surface area contributed by atoms with Crippen LogP contribution in [0.4, 0.5) is 4.39 Å². The lowest BCUT2D eigenvalue weighted by molar-refractivity contribution is 0.617. The quantitative estimate of drug-likeness (QED) is 0.705. The first kappa shape index (κ1) is 9.21. The third-order valence-electron chi connectivity index (χ3n) is 1.88. The fourth-order valence-electron chi connectivity index (χ4n) is 1.25. The van der Waals surface area contributed by atoms with E-state index >= 15 is 0 Å². The summed E-state index contributed by atoms with van der Waals surface area (Å²) < 4.78 is 12.8. The van der Waals surface area contributed by atoms with Crippen LogP contribution in [0, 0.1) is 5.82 Å². The van der Waals surface area contributed by atoms with Crippen LogP contribution < -0.4 is 0 Å². The minimum absolute atomic E-state index is 0.366. The average molecular weight is 205 g/mol. The Balaban J connectivity index is 2.53. The Morgan fingerprint density at radius 1 is 1.14 bits per heavy atom. The van der Waals surface area contributed by atoms with Crippen LogP contribution in [0.5, 0.6) is 0 Å². The third-order valence-corrected chi connectivity index (χ3v) is 2.22. The second kappa shape index (κ2) is 3.80. The van der Waals surface area contributed by atoms with Crippen LogP contribution in [0.3, 0.4) is 0 Å². The predicted octanol–water partition coefficient (Wildman–Crippen LogP) is 3.18. The minimum Gasteiger partial charge on any atom is -0.252 e. The van der Waals surface area contributed by atoms with E-state index in [4.69, 9.17) is 0 Å². The number of rotatable bonds is 1.